The average molecular weight is 397 g/mol. The van der Waals surface area contributed by atoms with Crippen LogP contribution in [-0.2, 0) is 0 Å². The fourth-order valence-electron chi connectivity index (χ4n) is 4.39. The Morgan fingerprint density at radius 3 is 2.40 bits per heavy atom. The first kappa shape index (κ1) is 18.4. The minimum absolute atomic E-state index is 0.449. The Labute approximate surface area is 174 Å². The van der Waals surface area contributed by atoms with E-state index in [-0.39, 0.29) is 0 Å². The maximum Gasteiger partial charge on any atom is 0.407 e. The number of benzene rings is 2. The van der Waals surface area contributed by atoms with Crippen LogP contribution in [0.3, 0.4) is 0 Å². The van der Waals surface area contributed by atoms with Crippen LogP contribution in [0.2, 0.25) is 0 Å². The maximum atomic E-state index is 11.1. The van der Waals surface area contributed by atoms with Crippen LogP contribution in [0.15, 0.2) is 54.6 Å². The number of amides is 1. The summed E-state index contributed by atoms with van der Waals surface area (Å²) in [5.41, 5.74) is 8.99. The predicted octanol–water partition coefficient (Wildman–Crippen LogP) is 5.77. The fourth-order valence-corrected chi connectivity index (χ4v) is 4.39. The molecule has 0 aliphatic carbocycles. The molecule has 0 bridgehead atoms. The molecule has 0 spiro atoms. The van der Waals surface area contributed by atoms with Crippen molar-refractivity contribution in [1.82, 2.24) is 14.9 Å². The van der Waals surface area contributed by atoms with Crippen LogP contribution < -0.4 is 0 Å². The van der Waals surface area contributed by atoms with E-state index in [1.54, 1.807) is 0 Å². The maximum absolute atomic E-state index is 11.1. The van der Waals surface area contributed by atoms with Crippen LogP contribution in [0.4, 0.5) is 4.79 Å². The first-order valence-corrected chi connectivity index (χ1v) is 10.2. The summed E-state index contributed by atoms with van der Waals surface area (Å²) in [5, 5.41) is 11.5. The topological polar surface area (TPSA) is 69.2 Å². The van der Waals surface area contributed by atoms with Gasteiger partial charge in [0.1, 0.15) is 0 Å². The highest BCUT2D eigenvalue weighted by Gasteiger charge is 2.17. The molecule has 1 aliphatic rings. The molecule has 1 amide bonds. The van der Waals surface area contributed by atoms with E-state index in [9.17, 15) is 4.79 Å². The van der Waals surface area contributed by atoms with Gasteiger partial charge in [0.2, 0.25) is 0 Å². The van der Waals surface area contributed by atoms with Gasteiger partial charge < -0.3 is 15.0 Å². The monoisotopic (exact) mass is 397 g/mol. The summed E-state index contributed by atoms with van der Waals surface area (Å²) in [4.78, 5) is 20.6. The lowest BCUT2D eigenvalue weighted by atomic mass is 9.97. The van der Waals surface area contributed by atoms with Gasteiger partial charge in [-0.25, -0.2) is 4.79 Å². The average Bonchev–Trinajstić information content (AvgIpc) is 3.10. The lowest BCUT2D eigenvalue weighted by Gasteiger charge is -2.23. The van der Waals surface area contributed by atoms with Gasteiger partial charge in [0.25, 0.3) is 0 Å². The van der Waals surface area contributed by atoms with Gasteiger partial charge in [0, 0.05) is 46.3 Å². The van der Waals surface area contributed by atoms with E-state index in [2.05, 4.69) is 58.5 Å². The molecule has 150 valence electrons. The zero-order valence-corrected chi connectivity index (χ0v) is 17.1. The molecule has 4 aromatic rings. The van der Waals surface area contributed by atoms with Gasteiger partial charge in [-0.05, 0) is 72.9 Å². The normalized spacial score (nSPS) is 14.3. The van der Waals surface area contributed by atoms with Crippen LogP contribution in [0, 0.1) is 13.8 Å². The zero-order valence-electron chi connectivity index (χ0n) is 17.1. The molecule has 2 aromatic heterocycles. The quantitative estimate of drug-likeness (QED) is 0.451. The highest BCUT2D eigenvalue weighted by atomic mass is 16.4. The van der Waals surface area contributed by atoms with Crippen molar-refractivity contribution in [3.63, 3.8) is 0 Å². The van der Waals surface area contributed by atoms with E-state index in [4.69, 9.17) is 5.11 Å². The molecule has 5 nitrogen and oxygen atoms in total. The molecule has 0 unspecified atom stereocenters. The number of nitrogens with zero attached hydrogens (tertiary/aromatic N) is 2. The second-order valence-electron chi connectivity index (χ2n) is 7.99. The lowest BCUT2D eigenvalue weighted by molar-refractivity contribution is 0.150. The van der Waals surface area contributed by atoms with Crippen LogP contribution in [-0.4, -0.2) is 39.2 Å². The predicted molar refractivity (Wildman–Crippen MR) is 121 cm³/mol. The Morgan fingerprint density at radius 2 is 1.70 bits per heavy atom. The fraction of sp³-hybridized carbons (Fsp3) is 0.200. The highest BCUT2D eigenvalue weighted by Crippen LogP contribution is 2.33. The molecule has 1 aliphatic heterocycles. The summed E-state index contributed by atoms with van der Waals surface area (Å²) < 4.78 is 0. The summed E-state index contributed by atoms with van der Waals surface area (Å²) in [6.07, 6.45) is 1.91. The van der Waals surface area contributed by atoms with Gasteiger partial charge in [-0.2, -0.15) is 0 Å². The number of aryl methyl sites for hydroxylation is 2. The number of carboxylic acid groups (broad SMARTS) is 1. The molecule has 2 N–H and O–H groups in total. The molecule has 0 saturated carbocycles. The summed E-state index contributed by atoms with van der Waals surface area (Å²) in [6, 6.07) is 17.2. The number of pyridine rings is 1. The van der Waals surface area contributed by atoms with Gasteiger partial charge in [-0.15, -0.1) is 0 Å². The SMILES string of the molecule is Cc1cc(-c2ccc3c(c2)[nH]c2ccc(C4=CCN(C(=O)O)CC4)cc23)cc(C)n1. The molecular weight excluding hydrogens is 374 g/mol. The van der Waals surface area contributed by atoms with Crippen molar-refractivity contribution in [3.8, 4) is 11.1 Å². The number of hydrogen-bond donors (Lipinski definition) is 2. The van der Waals surface area contributed by atoms with Crippen molar-refractivity contribution >= 4 is 33.5 Å². The van der Waals surface area contributed by atoms with Gasteiger partial charge in [0.15, 0.2) is 0 Å². The van der Waals surface area contributed by atoms with Gasteiger partial charge >= 0.3 is 6.09 Å². The molecule has 5 rings (SSSR count). The summed E-state index contributed by atoms with van der Waals surface area (Å²) in [5.74, 6) is 0. The van der Waals surface area contributed by atoms with Crippen molar-refractivity contribution in [2.45, 2.75) is 20.3 Å². The molecule has 0 atom stereocenters. The molecule has 30 heavy (non-hydrogen) atoms. The molecule has 0 radical (unpaired) electrons. The molecular formula is C25H23N3O2. The summed E-state index contributed by atoms with van der Waals surface area (Å²) >= 11 is 0. The third kappa shape index (κ3) is 3.22. The molecule has 2 aromatic carbocycles. The molecule has 0 fully saturated rings. The highest BCUT2D eigenvalue weighted by molar-refractivity contribution is 6.09. The minimum atomic E-state index is -0.854. The number of nitrogens with one attached hydrogen (secondary N) is 1. The third-order valence-electron chi connectivity index (χ3n) is 5.86. The van der Waals surface area contributed by atoms with Crippen molar-refractivity contribution in [2.75, 3.05) is 13.1 Å². The Kier molecular flexibility index (Phi) is 4.31. The molecule has 5 heteroatoms. The third-order valence-corrected chi connectivity index (χ3v) is 5.86. The Balaban J connectivity index is 1.55. The minimum Gasteiger partial charge on any atom is -0.465 e. The van der Waals surface area contributed by atoms with Gasteiger partial charge in [0.05, 0.1) is 0 Å². The van der Waals surface area contributed by atoms with Crippen LogP contribution in [0.1, 0.15) is 23.4 Å². The lowest BCUT2D eigenvalue weighted by Crippen LogP contribution is -2.33. The number of rotatable bonds is 2. The number of carbonyl (C=O) groups is 1. The summed E-state index contributed by atoms with van der Waals surface area (Å²) in [6.45, 7) is 5.04. The first-order valence-electron chi connectivity index (χ1n) is 10.2. The van der Waals surface area contributed by atoms with E-state index in [1.165, 1.54) is 32.4 Å². The van der Waals surface area contributed by atoms with E-state index < -0.39 is 6.09 Å². The van der Waals surface area contributed by atoms with Crippen molar-refractivity contribution in [2.24, 2.45) is 0 Å². The molecule has 0 saturated heterocycles. The number of aromatic nitrogens is 2. The standard InChI is InChI=1S/C25H23N3O2/c1-15-11-20(12-16(2)26-15)19-3-5-21-22-13-18(4-6-23(22)27-24(21)14-19)17-7-9-28(10-8-17)25(29)30/h3-7,11-14,27H,8-10H2,1-2H3,(H,29,30). The second-order valence-corrected chi connectivity index (χ2v) is 7.99. The Bertz CT molecular complexity index is 1310. The van der Waals surface area contributed by atoms with Crippen molar-refractivity contribution in [3.05, 3.63) is 71.6 Å². The zero-order chi connectivity index (χ0) is 20.8. The number of aromatic amines is 1. The van der Waals surface area contributed by atoms with Crippen LogP contribution >= 0.6 is 0 Å². The van der Waals surface area contributed by atoms with E-state index in [1.807, 2.05) is 19.9 Å². The number of fused-ring (bicyclic) bond motifs is 3. The van der Waals surface area contributed by atoms with Gasteiger partial charge in [-0.3, -0.25) is 4.98 Å². The second kappa shape index (κ2) is 7.02. The first-order chi connectivity index (χ1) is 14.5. The van der Waals surface area contributed by atoms with E-state index >= 15 is 0 Å². The largest absolute Gasteiger partial charge is 0.465 e. The summed E-state index contributed by atoms with van der Waals surface area (Å²) in [7, 11) is 0. The number of H-pyrrole nitrogens is 1. The van der Waals surface area contributed by atoms with Crippen LogP contribution in [0.25, 0.3) is 38.5 Å². The Morgan fingerprint density at radius 1 is 0.933 bits per heavy atom. The van der Waals surface area contributed by atoms with Crippen molar-refractivity contribution < 1.29 is 9.90 Å². The van der Waals surface area contributed by atoms with Gasteiger partial charge in [-0.1, -0.05) is 24.3 Å². The smallest absolute Gasteiger partial charge is 0.407 e. The van der Waals surface area contributed by atoms with E-state index in [0.29, 0.717) is 13.1 Å². The van der Waals surface area contributed by atoms with Crippen molar-refractivity contribution in [1.29, 1.82) is 0 Å². The van der Waals surface area contributed by atoms with Crippen LogP contribution in [0.5, 0.6) is 0 Å². The molecule has 3 heterocycles. The number of hydrogen-bond acceptors (Lipinski definition) is 2. The Hall–Kier alpha value is -3.60. The van der Waals surface area contributed by atoms with E-state index in [0.717, 1.165) is 34.4 Å².